The number of alkyl halides is 6. The Morgan fingerprint density at radius 2 is 1.65 bits per heavy atom. The van der Waals surface area contributed by atoms with Gasteiger partial charge in [0.2, 0.25) is 0 Å². The van der Waals surface area contributed by atoms with E-state index in [-0.39, 0.29) is 5.56 Å². The van der Waals surface area contributed by atoms with Crippen LogP contribution in [0.2, 0.25) is 0 Å². The summed E-state index contributed by atoms with van der Waals surface area (Å²) in [6.45, 7) is -1.07. The summed E-state index contributed by atoms with van der Waals surface area (Å²) >= 11 is 0. The van der Waals surface area contributed by atoms with Crippen molar-refractivity contribution in [2.75, 3.05) is 0 Å². The third-order valence-electron chi connectivity index (χ3n) is 1.80. The molecular formula is C9H6F6O4S. The largest absolute Gasteiger partial charge is 0.573 e. The van der Waals surface area contributed by atoms with E-state index in [1.165, 1.54) is 0 Å². The standard InChI is InChI=1S/C9H6F6O4S/c10-8(11,12)19-7-3-1-2-6(4-7)5-18-20(16,17)9(13,14)15/h1-4H,5H2. The average Bonchev–Trinajstić information content (AvgIpc) is 2.23. The van der Waals surface area contributed by atoms with Crippen LogP contribution in [0.15, 0.2) is 24.3 Å². The molecule has 0 atom stereocenters. The van der Waals surface area contributed by atoms with E-state index >= 15 is 0 Å². The van der Waals surface area contributed by atoms with Gasteiger partial charge in [-0.2, -0.15) is 21.6 Å². The normalized spacial score (nSPS) is 13.3. The first-order chi connectivity index (χ1) is 8.91. The van der Waals surface area contributed by atoms with Crippen LogP contribution in [-0.4, -0.2) is 20.3 Å². The summed E-state index contributed by atoms with van der Waals surface area (Å²) in [6.07, 6.45) is -4.97. The molecular weight excluding hydrogens is 318 g/mol. The van der Waals surface area contributed by atoms with E-state index in [0.29, 0.717) is 6.07 Å². The predicted octanol–water partition coefficient (Wildman–Crippen LogP) is 2.95. The minimum atomic E-state index is -5.81. The summed E-state index contributed by atoms with van der Waals surface area (Å²) in [4.78, 5) is 0. The van der Waals surface area contributed by atoms with Crippen molar-refractivity contribution in [2.45, 2.75) is 18.5 Å². The van der Waals surface area contributed by atoms with E-state index in [1.807, 2.05) is 0 Å². The predicted molar refractivity (Wildman–Crippen MR) is 52.9 cm³/mol. The minimum Gasteiger partial charge on any atom is -0.406 e. The van der Waals surface area contributed by atoms with Crippen molar-refractivity contribution in [1.82, 2.24) is 0 Å². The summed E-state index contributed by atoms with van der Waals surface area (Å²) in [7, 11) is -5.81. The molecule has 0 bridgehead atoms. The van der Waals surface area contributed by atoms with Crippen LogP contribution < -0.4 is 4.74 Å². The average molecular weight is 324 g/mol. The summed E-state index contributed by atoms with van der Waals surface area (Å²) in [5.41, 5.74) is -5.84. The molecule has 114 valence electrons. The zero-order chi connectivity index (χ0) is 15.6. The number of rotatable bonds is 4. The van der Waals surface area contributed by atoms with Crippen LogP contribution in [0.3, 0.4) is 0 Å². The quantitative estimate of drug-likeness (QED) is 0.485. The van der Waals surface area contributed by atoms with Gasteiger partial charge in [-0.1, -0.05) is 12.1 Å². The Morgan fingerprint density at radius 1 is 1.05 bits per heavy atom. The van der Waals surface area contributed by atoms with Crippen molar-refractivity contribution in [3.8, 4) is 5.75 Å². The molecule has 0 spiro atoms. The minimum absolute atomic E-state index is 0.237. The van der Waals surface area contributed by atoms with E-state index in [4.69, 9.17) is 0 Å². The zero-order valence-electron chi connectivity index (χ0n) is 9.33. The Kier molecular flexibility index (Phi) is 4.54. The van der Waals surface area contributed by atoms with Gasteiger partial charge in [-0.3, -0.25) is 4.18 Å². The Labute approximate surface area is 109 Å². The van der Waals surface area contributed by atoms with Gasteiger partial charge in [0.15, 0.2) is 0 Å². The molecule has 0 saturated carbocycles. The summed E-state index contributed by atoms with van der Waals surface area (Å²) in [5.74, 6) is -0.706. The van der Waals surface area contributed by atoms with Gasteiger partial charge in [0.05, 0.1) is 6.61 Å². The second kappa shape index (κ2) is 5.48. The van der Waals surface area contributed by atoms with Crippen molar-refractivity contribution in [1.29, 1.82) is 0 Å². The van der Waals surface area contributed by atoms with Crippen molar-refractivity contribution in [3.05, 3.63) is 29.8 Å². The highest BCUT2D eigenvalue weighted by molar-refractivity contribution is 7.87. The molecule has 0 N–H and O–H groups in total. The first kappa shape index (κ1) is 16.6. The molecule has 0 fully saturated rings. The topological polar surface area (TPSA) is 52.6 Å². The molecule has 20 heavy (non-hydrogen) atoms. The Bertz CT molecular complexity index is 563. The Balaban J connectivity index is 2.78. The third kappa shape index (κ3) is 4.89. The molecule has 1 rings (SSSR count). The lowest BCUT2D eigenvalue weighted by molar-refractivity contribution is -0.274. The van der Waals surface area contributed by atoms with E-state index in [9.17, 15) is 34.8 Å². The molecule has 0 heterocycles. The van der Waals surface area contributed by atoms with Crippen LogP contribution in [0.25, 0.3) is 0 Å². The van der Waals surface area contributed by atoms with Gasteiger partial charge < -0.3 is 4.74 Å². The summed E-state index contributed by atoms with van der Waals surface area (Å²) < 4.78 is 99.9. The van der Waals surface area contributed by atoms with E-state index < -0.39 is 34.3 Å². The second-order valence-electron chi connectivity index (χ2n) is 3.36. The van der Waals surface area contributed by atoms with Crippen molar-refractivity contribution >= 4 is 10.1 Å². The van der Waals surface area contributed by atoms with E-state index in [2.05, 4.69) is 8.92 Å². The van der Waals surface area contributed by atoms with Gasteiger partial charge in [0.1, 0.15) is 5.75 Å². The highest BCUT2D eigenvalue weighted by Gasteiger charge is 2.47. The molecule has 1 aromatic rings. The number of hydrogen-bond acceptors (Lipinski definition) is 4. The third-order valence-corrected chi connectivity index (χ3v) is 2.79. The highest BCUT2D eigenvalue weighted by atomic mass is 32.2. The second-order valence-corrected chi connectivity index (χ2v) is 4.96. The Hall–Kier alpha value is -1.49. The SMILES string of the molecule is O=S(=O)(OCc1cccc(OC(F)(F)F)c1)C(F)(F)F. The summed E-state index contributed by atoms with van der Waals surface area (Å²) in [6, 6.07) is 3.73. The fourth-order valence-electron chi connectivity index (χ4n) is 1.04. The molecule has 0 radical (unpaired) electrons. The number of benzene rings is 1. The van der Waals surface area contributed by atoms with Crippen molar-refractivity contribution < 1.29 is 43.7 Å². The molecule has 0 aliphatic heterocycles. The monoisotopic (exact) mass is 324 g/mol. The lowest BCUT2D eigenvalue weighted by Crippen LogP contribution is -2.25. The number of halogens is 6. The molecule has 0 aliphatic rings. The van der Waals surface area contributed by atoms with Crippen LogP contribution >= 0.6 is 0 Å². The molecule has 0 aliphatic carbocycles. The number of ether oxygens (including phenoxy) is 1. The molecule has 0 saturated heterocycles. The highest BCUT2D eigenvalue weighted by Crippen LogP contribution is 2.27. The zero-order valence-corrected chi connectivity index (χ0v) is 10.1. The first-order valence-corrected chi connectivity index (χ1v) is 6.12. The van der Waals surface area contributed by atoms with E-state index in [0.717, 1.165) is 18.2 Å². The van der Waals surface area contributed by atoms with Gasteiger partial charge in [-0.25, -0.2) is 0 Å². The smallest absolute Gasteiger partial charge is 0.406 e. The van der Waals surface area contributed by atoms with Crippen molar-refractivity contribution in [2.24, 2.45) is 0 Å². The fourth-order valence-corrected chi connectivity index (χ4v) is 1.47. The fraction of sp³-hybridized carbons (Fsp3) is 0.333. The Morgan fingerprint density at radius 3 is 2.15 bits per heavy atom. The van der Waals surface area contributed by atoms with Gasteiger partial charge in [0, 0.05) is 0 Å². The van der Waals surface area contributed by atoms with Crippen molar-refractivity contribution in [3.63, 3.8) is 0 Å². The van der Waals surface area contributed by atoms with Gasteiger partial charge in [-0.05, 0) is 17.7 Å². The lowest BCUT2D eigenvalue weighted by Gasteiger charge is -2.11. The lowest BCUT2D eigenvalue weighted by atomic mass is 10.2. The molecule has 0 unspecified atom stereocenters. The molecule has 0 amide bonds. The maximum absolute atomic E-state index is 12.0. The van der Waals surface area contributed by atoms with Crippen LogP contribution in [-0.2, 0) is 20.9 Å². The first-order valence-electron chi connectivity index (χ1n) is 4.71. The maximum Gasteiger partial charge on any atom is 0.573 e. The number of hydrogen-bond donors (Lipinski definition) is 0. The van der Waals surface area contributed by atoms with E-state index in [1.54, 1.807) is 0 Å². The van der Waals surface area contributed by atoms with Crippen LogP contribution in [0.5, 0.6) is 5.75 Å². The van der Waals surface area contributed by atoms with Gasteiger partial charge in [-0.15, -0.1) is 13.2 Å². The van der Waals surface area contributed by atoms with Gasteiger partial charge >= 0.3 is 22.0 Å². The summed E-state index contributed by atoms with van der Waals surface area (Å²) in [5, 5.41) is 0. The molecule has 11 heteroatoms. The van der Waals surface area contributed by atoms with Crippen LogP contribution in [0.4, 0.5) is 26.3 Å². The molecule has 0 aromatic heterocycles. The molecule has 1 aromatic carbocycles. The van der Waals surface area contributed by atoms with Crippen LogP contribution in [0.1, 0.15) is 5.56 Å². The van der Waals surface area contributed by atoms with Crippen LogP contribution in [0, 0.1) is 0 Å². The molecule has 4 nitrogen and oxygen atoms in total. The maximum atomic E-state index is 12.0. The van der Waals surface area contributed by atoms with Gasteiger partial charge in [0.25, 0.3) is 0 Å².